The summed E-state index contributed by atoms with van der Waals surface area (Å²) < 4.78 is 15.1. The number of benzene rings is 2. The van der Waals surface area contributed by atoms with E-state index in [0.29, 0.717) is 23.8 Å². The van der Waals surface area contributed by atoms with E-state index in [1.54, 1.807) is 12.1 Å². The number of anilines is 1. The average Bonchev–Trinajstić information content (AvgIpc) is 3.37. The van der Waals surface area contributed by atoms with Crippen molar-refractivity contribution >= 4 is 23.2 Å². The van der Waals surface area contributed by atoms with Gasteiger partial charge in [0.15, 0.2) is 5.69 Å². The number of piperazine rings is 1. The van der Waals surface area contributed by atoms with Crippen LogP contribution in [-0.2, 0) is 12.8 Å². The quantitative estimate of drug-likeness (QED) is 0.635. The number of nitrogens with zero attached hydrogens (tertiary/aromatic N) is 4. The molecule has 3 aromatic rings. The fourth-order valence-corrected chi connectivity index (χ4v) is 4.58. The van der Waals surface area contributed by atoms with Gasteiger partial charge in [0, 0.05) is 48.1 Å². The Balaban J connectivity index is 1.36. The highest BCUT2D eigenvalue weighted by Gasteiger charge is 2.31. The molecule has 0 atom stereocenters. The van der Waals surface area contributed by atoms with Crippen LogP contribution < -0.4 is 4.90 Å². The third-order valence-corrected chi connectivity index (χ3v) is 6.18. The number of rotatable bonds is 3. The molecule has 2 heterocycles. The van der Waals surface area contributed by atoms with E-state index in [2.05, 4.69) is 10.00 Å². The Hall–Kier alpha value is -2.86. The van der Waals surface area contributed by atoms with Crippen LogP contribution in [0.3, 0.4) is 0 Å². The second kappa shape index (κ2) is 7.76. The molecule has 1 aromatic heterocycles. The fourth-order valence-electron chi connectivity index (χ4n) is 4.40. The van der Waals surface area contributed by atoms with Crippen LogP contribution >= 0.6 is 11.6 Å². The molecule has 0 saturated carbocycles. The normalized spacial score (nSPS) is 16.1. The number of fused-ring (bicyclic) bond motifs is 1. The van der Waals surface area contributed by atoms with Crippen molar-refractivity contribution in [2.24, 2.45) is 0 Å². The van der Waals surface area contributed by atoms with E-state index in [4.69, 9.17) is 11.6 Å². The van der Waals surface area contributed by atoms with Crippen molar-refractivity contribution in [1.82, 2.24) is 14.7 Å². The first kappa shape index (κ1) is 19.1. The molecule has 0 bridgehead atoms. The van der Waals surface area contributed by atoms with Gasteiger partial charge in [0.05, 0.1) is 5.69 Å². The average molecular weight is 425 g/mol. The third kappa shape index (κ3) is 3.45. The van der Waals surface area contributed by atoms with Crippen LogP contribution in [0.1, 0.15) is 28.2 Å². The molecule has 30 heavy (non-hydrogen) atoms. The minimum Gasteiger partial charge on any atom is -0.368 e. The van der Waals surface area contributed by atoms with E-state index >= 15 is 0 Å². The third-order valence-electron chi connectivity index (χ3n) is 5.94. The topological polar surface area (TPSA) is 41.4 Å². The molecular formula is C23H22ClFN4O. The molecule has 1 aliphatic carbocycles. The summed E-state index contributed by atoms with van der Waals surface area (Å²) in [4.78, 5) is 17.4. The highest BCUT2D eigenvalue weighted by Crippen LogP contribution is 2.29. The molecule has 0 unspecified atom stereocenters. The van der Waals surface area contributed by atoms with E-state index in [1.807, 2.05) is 33.8 Å². The highest BCUT2D eigenvalue weighted by atomic mass is 35.5. The van der Waals surface area contributed by atoms with Gasteiger partial charge in [0.25, 0.3) is 5.91 Å². The van der Waals surface area contributed by atoms with Crippen LogP contribution in [0.4, 0.5) is 10.1 Å². The summed E-state index contributed by atoms with van der Waals surface area (Å²) in [5.41, 5.74) is 4.53. The predicted molar refractivity (Wildman–Crippen MR) is 115 cm³/mol. The summed E-state index contributed by atoms with van der Waals surface area (Å²) in [5.74, 6) is -0.295. The van der Waals surface area contributed by atoms with Crippen molar-refractivity contribution in [3.05, 3.63) is 76.3 Å². The van der Waals surface area contributed by atoms with Crippen LogP contribution in [0.25, 0.3) is 5.69 Å². The first-order chi connectivity index (χ1) is 14.6. The number of amides is 1. The Bertz CT molecular complexity index is 1090. The second-order valence-electron chi connectivity index (χ2n) is 7.77. The maximum absolute atomic E-state index is 13.3. The molecule has 1 amide bonds. The fraction of sp³-hybridized carbons (Fsp3) is 0.304. The van der Waals surface area contributed by atoms with Gasteiger partial charge in [-0.3, -0.25) is 4.79 Å². The van der Waals surface area contributed by atoms with Crippen molar-refractivity contribution in [3.8, 4) is 5.69 Å². The lowest BCUT2D eigenvalue weighted by Gasteiger charge is -2.36. The van der Waals surface area contributed by atoms with Gasteiger partial charge in [-0.2, -0.15) is 5.10 Å². The lowest BCUT2D eigenvalue weighted by atomic mass is 10.1. The van der Waals surface area contributed by atoms with Crippen molar-refractivity contribution < 1.29 is 9.18 Å². The predicted octanol–water partition coefficient (Wildman–Crippen LogP) is 4.12. The molecule has 7 heteroatoms. The number of halogens is 2. The Morgan fingerprint density at radius 2 is 1.73 bits per heavy atom. The van der Waals surface area contributed by atoms with E-state index in [9.17, 15) is 9.18 Å². The van der Waals surface area contributed by atoms with E-state index in [1.165, 1.54) is 12.1 Å². The number of carbonyl (C=O) groups excluding carboxylic acids is 1. The zero-order valence-electron chi connectivity index (χ0n) is 16.5. The van der Waals surface area contributed by atoms with Gasteiger partial charge in [-0.15, -0.1) is 0 Å². The molecule has 1 saturated heterocycles. The molecule has 2 aliphatic rings. The highest BCUT2D eigenvalue weighted by molar-refractivity contribution is 6.30. The molecular weight excluding hydrogens is 403 g/mol. The van der Waals surface area contributed by atoms with Gasteiger partial charge in [-0.1, -0.05) is 17.7 Å². The Morgan fingerprint density at radius 3 is 2.47 bits per heavy atom. The zero-order valence-corrected chi connectivity index (χ0v) is 17.3. The molecule has 5 rings (SSSR count). The van der Waals surface area contributed by atoms with Gasteiger partial charge in [0.1, 0.15) is 5.82 Å². The van der Waals surface area contributed by atoms with Crippen molar-refractivity contribution in [1.29, 1.82) is 0 Å². The molecule has 154 valence electrons. The van der Waals surface area contributed by atoms with Gasteiger partial charge < -0.3 is 9.80 Å². The number of aromatic nitrogens is 2. The second-order valence-corrected chi connectivity index (χ2v) is 8.21. The summed E-state index contributed by atoms with van der Waals surface area (Å²) in [5, 5.41) is 5.38. The minimum absolute atomic E-state index is 0.0141. The van der Waals surface area contributed by atoms with Gasteiger partial charge >= 0.3 is 0 Å². The van der Waals surface area contributed by atoms with Crippen LogP contribution in [0.2, 0.25) is 5.02 Å². The first-order valence-electron chi connectivity index (χ1n) is 10.3. The van der Waals surface area contributed by atoms with E-state index in [-0.39, 0.29) is 11.7 Å². The monoisotopic (exact) mass is 424 g/mol. The maximum atomic E-state index is 13.3. The van der Waals surface area contributed by atoms with Crippen molar-refractivity contribution in [3.63, 3.8) is 0 Å². The number of hydrogen-bond donors (Lipinski definition) is 0. The number of carbonyl (C=O) groups is 1. The zero-order chi connectivity index (χ0) is 20.7. The lowest BCUT2D eigenvalue weighted by molar-refractivity contribution is 0.0739. The molecule has 5 nitrogen and oxygen atoms in total. The molecule has 1 fully saturated rings. The Labute approximate surface area is 179 Å². The molecule has 0 spiro atoms. The largest absolute Gasteiger partial charge is 0.368 e. The maximum Gasteiger partial charge on any atom is 0.274 e. The van der Waals surface area contributed by atoms with Crippen molar-refractivity contribution in [2.75, 3.05) is 31.1 Å². The van der Waals surface area contributed by atoms with Crippen LogP contribution in [0.5, 0.6) is 0 Å². The Kier molecular flexibility index (Phi) is 4.95. The van der Waals surface area contributed by atoms with Crippen LogP contribution in [0, 0.1) is 5.82 Å². The SMILES string of the molecule is O=C(c1nn(-c2ccc(F)cc2)c2c1CCC2)N1CCN(c2cccc(Cl)c2)CC1. The summed E-state index contributed by atoms with van der Waals surface area (Å²) in [6.07, 6.45) is 2.76. The summed E-state index contributed by atoms with van der Waals surface area (Å²) in [7, 11) is 0. The summed E-state index contributed by atoms with van der Waals surface area (Å²) in [6, 6.07) is 14.1. The summed E-state index contributed by atoms with van der Waals surface area (Å²) >= 11 is 6.12. The van der Waals surface area contributed by atoms with E-state index in [0.717, 1.165) is 55.0 Å². The van der Waals surface area contributed by atoms with Gasteiger partial charge in [0.2, 0.25) is 0 Å². The molecule has 0 N–H and O–H groups in total. The van der Waals surface area contributed by atoms with Crippen LogP contribution in [0.15, 0.2) is 48.5 Å². The molecule has 0 radical (unpaired) electrons. The molecule has 2 aromatic carbocycles. The van der Waals surface area contributed by atoms with Crippen molar-refractivity contribution in [2.45, 2.75) is 19.3 Å². The van der Waals surface area contributed by atoms with Crippen LogP contribution in [-0.4, -0.2) is 46.8 Å². The summed E-state index contributed by atoms with van der Waals surface area (Å²) in [6.45, 7) is 2.80. The standard InChI is InChI=1S/C23H22ClFN4O/c24-16-3-1-4-19(15-16)27-11-13-28(14-12-27)23(30)22-20-5-2-6-21(20)29(26-22)18-9-7-17(25)8-10-18/h1,3-4,7-10,15H,2,5-6,11-14H2. The molecule has 1 aliphatic heterocycles. The lowest BCUT2D eigenvalue weighted by Crippen LogP contribution is -2.49. The van der Waals surface area contributed by atoms with Gasteiger partial charge in [-0.05, 0) is 61.7 Å². The Morgan fingerprint density at radius 1 is 0.967 bits per heavy atom. The first-order valence-corrected chi connectivity index (χ1v) is 10.6. The van der Waals surface area contributed by atoms with E-state index < -0.39 is 0 Å². The smallest absolute Gasteiger partial charge is 0.274 e. The number of hydrogen-bond acceptors (Lipinski definition) is 3. The van der Waals surface area contributed by atoms with Gasteiger partial charge in [-0.25, -0.2) is 9.07 Å². The minimum atomic E-state index is -0.281.